The van der Waals surface area contributed by atoms with Crippen LogP contribution in [0.3, 0.4) is 0 Å². The van der Waals surface area contributed by atoms with E-state index in [0.717, 1.165) is 27.0 Å². The second-order valence-electron chi connectivity index (χ2n) is 7.96. The smallest absolute Gasteiger partial charge is 0.224 e. The molecule has 0 saturated heterocycles. The molecule has 1 aromatic carbocycles. The molecule has 0 aliphatic carbocycles. The number of nitrogens with zero attached hydrogens (tertiary/aromatic N) is 4. The van der Waals surface area contributed by atoms with Crippen molar-refractivity contribution >= 4 is 29.5 Å². The first-order chi connectivity index (χ1) is 14.2. The van der Waals surface area contributed by atoms with Crippen molar-refractivity contribution in [3.63, 3.8) is 0 Å². The van der Waals surface area contributed by atoms with Gasteiger partial charge in [0, 0.05) is 36.4 Å². The highest BCUT2D eigenvalue weighted by Gasteiger charge is 2.23. The molecule has 0 unspecified atom stereocenters. The van der Waals surface area contributed by atoms with E-state index in [1.807, 2.05) is 49.7 Å². The topological polar surface area (TPSA) is 66.8 Å². The Morgan fingerprint density at radius 1 is 1.23 bits per heavy atom. The van der Waals surface area contributed by atoms with Crippen molar-refractivity contribution in [1.29, 1.82) is 0 Å². The first kappa shape index (κ1) is 22.4. The standard InChI is InChI=1S/C22H29N5OS2/c1-13(2)21-23-15(4)19(30-21)16(5)26(6)18(28)11-12-27-20(24-25-22(27)29)17-9-7-14(3)8-10-17/h7-10,13,16H,11-12H2,1-6H3,(H,25,29)/t16-/m1/s1. The van der Waals surface area contributed by atoms with Gasteiger partial charge in [0.05, 0.1) is 16.7 Å². The molecule has 0 spiro atoms. The molecule has 8 heteroatoms. The molecule has 30 heavy (non-hydrogen) atoms. The number of carbonyl (C=O) groups excluding carboxylic acids is 1. The van der Waals surface area contributed by atoms with E-state index in [9.17, 15) is 4.79 Å². The Hall–Kier alpha value is -2.32. The van der Waals surface area contributed by atoms with Crippen LogP contribution in [0, 0.1) is 18.6 Å². The Morgan fingerprint density at radius 3 is 2.50 bits per heavy atom. The van der Waals surface area contributed by atoms with Crippen molar-refractivity contribution < 1.29 is 4.79 Å². The van der Waals surface area contributed by atoms with Crippen LogP contribution in [0.25, 0.3) is 11.4 Å². The third-order valence-corrected chi connectivity index (χ3v) is 7.25. The molecule has 3 aromatic rings. The predicted octanol–water partition coefficient (Wildman–Crippen LogP) is 5.41. The van der Waals surface area contributed by atoms with E-state index in [1.165, 1.54) is 5.56 Å². The lowest BCUT2D eigenvalue weighted by molar-refractivity contribution is -0.132. The third kappa shape index (κ3) is 4.70. The number of hydrogen-bond donors (Lipinski definition) is 1. The van der Waals surface area contributed by atoms with Crippen LogP contribution in [-0.4, -0.2) is 37.6 Å². The van der Waals surface area contributed by atoms with Crippen LogP contribution in [0.2, 0.25) is 0 Å². The lowest BCUT2D eigenvalue weighted by atomic mass is 10.1. The van der Waals surface area contributed by atoms with Crippen molar-refractivity contribution in [3.05, 3.63) is 50.2 Å². The molecule has 2 aromatic heterocycles. The maximum absolute atomic E-state index is 12.9. The first-order valence-corrected chi connectivity index (χ1v) is 11.4. The lowest BCUT2D eigenvalue weighted by Crippen LogP contribution is -2.30. The fraction of sp³-hybridized carbons (Fsp3) is 0.455. The Balaban J connectivity index is 1.72. The van der Waals surface area contributed by atoms with E-state index in [4.69, 9.17) is 12.2 Å². The molecule has 3 rings (SSSR count). The minimum atomic E-state index is -0.0172. The number of aromatic amines is 1. The quantitative estimate of drug-likeness (QED) is 0.496. The van der Waals surface area contributed by atoms with Gasteiger partial charge in [-0.15, -0.1) is 11.3 Å². The lowest BCUT2D eigenvalue weighted by Gasteiger charge is -2.24. The summed E-state index contributed by atoms with van der Waals surface area (Å²) in [5.74, 6) is 1.21. The van der Waals surface area contributed by atoms with E-state index in [-0.39, 0.29) is 11.9 Å². The second-order valence-corrected chi connectivity index (χ2v) is 9.41. The second kappa shape index (κ2) is 9.22. The van der Waals surface area contributed by atoms with E-state index in [2.05, 4.69) is 36.0 Å². The number of benzene rings is 1. The minimum absolute atomic E-state index is 0.0172. The highest BCUT2D eigenvalue weighted by Crippen LogP contribution is 2.32. The number of aromatic nitrogens is 4. The van der Waals surface area contributed by atoms with Crippen molar-refractivity contribution in [2.24, 2.45) is 0 Å². The summed E-state index contributed by atoms with van der Waals surface area (Å²) in [5, 5.41) is 8.34. The molecule has 160 valence electrons. The Kier molecular flexibility index (Phi) is 6.88. The summed E-state index contributed by atoms with van der Waals surface area (Å²) >= 11 is 7.10. The number of carbonyl (C=O) groups is 1. The molecule has 0 aliphatic rings. The summed E-state index contributed by atoms with van der Waals surface area (Å²) in [6.07, 6.45) is 0.350. The van der Waals surface area contributed by atoms with Gasteiger partial charge in [-0.2, -0.15) is 5.10 Å². The Labute approximate surface area is 187 Å². The van der Waals surface area contributed by atoms with E-state index in [0.29, 0.717) is 23.7 Å². The number of nitrogens with one attached hydrogen (secondary N) is 1. The maximum Gasteiger partial charge on any atom is 0.224 e. The molecule has 0 radical (unpaired) electrons. The largest absolute Gasteiger partial charge is 0.338 e. The summed E-state index contributed by atoms with van der Waals surface area (Å²) in [6, 6.07) is 8.11. The molecule has 0 aliphatic heterocycles. The summed E-state index contributed by atoms with van der Waals surface area (Å²) in [4.78, 5) is 20.6. The van der Waals surface area contributed by atoms with Gasteiger partial charge in [-0.25, -0.2) is 4.98 Å². The zero-order valence-electron chi connectivity index (χ0n) is 18.4. The number of thiazole rings is 1. The van der Waals surface area contributed by atoms with Gasteiger partial charge in [-0.3, -0.25) is 14.5 Å². The van der Waals surface area contributed by atoms with Crippen molar-refractivity contribution in [1.82, 2.24) is 24.6 Å². The summed E-state index contributed by atoms with van der Waals surface area (Å²) < 4.78 is 2.42. The number of rotatable bonds is 7. The fourth-order valence-corrected chi connectivity index (χ4v) is 4.68. The number of amides is 1. The van der Waals surface area contributed by atoms with E-state index < -0.39 is 0 Å². The van der Waals surface area contributed by atoms with Crippen LogP contribution in [0.1, 0.15) is 60.3 Å². The van der Waals surface area contributed by atoms with Crippen molar-refractivity contribution in [2.45, 2.75) is 59.5 Å². The number of aryl methyl sites for hydroxylation is 2. The van der Waals surface area contributed by atoms with Crippen LogP contribution in [0.5, 0.6) is 0 Å². The molecule has 0 saturated carbocycles. The molecular weight excluding hydrogens is 414 g/mol. The predicted molar refractivity (Wildman–Crippen MR) is 124 cm³/mol. The van der Waals surface area contributed by atoms with Crippen molar-refractivity contribution in [3.8, 4) is 11.4 Å². The van der Waals surface area contributed by atoms with Crippen LogP contribution in [0.4, 0.5) is 0 Å². The molecule has 1 atom stereocenters. The minimum Gasteiger partial charge on any atom is -0.338 e. The van der Waals surface area contributed by atoms with Gasteiger partial charge in [0.1, 0.15) is 0 Å². The van der Waals surface area contributed by atoms with Gasteiger partial charge < -0.3 is 4.90 Å². The molecule has 6 nitrogen and oxygen atoms in total. The van der Waals surface area contributed by atoms with Gasteiger partial charge >= 0.3 is 0 Å². The number of H-pyrrole nitrogens is 1. The van der Waals surface area contributed by atoms with Crippen LogP contribution in [-0.2, 0) is 11.3 Å². The SMILES string of the molecule is Cc1ccc(-c2n[nH]c(=S)n2CCC(=O)N(C)[C@H](C)c2sc(C(C)C)nc2C)cc1. The Bertz CT molecular complexity index is 1080. The van der Waals surface area contributed by atoms with Gasteiger partial charge in [0.2, 0.25) is 5.91 Å². The highest BCUT2D eigenvalue weighted by molar-refractivity contribution is 7.71. The molecular formula is C22H29N5OS2. The van der Waals surface area contributed by atoms with Crippen LogP contribution < -0.4 is 0 Å². The summed E-state index contributed by atoms with van der Waals surface area (Å²) in [7, 11) is 1.86. The van der Waals surface area contributed by atoms with Gasteiger partial charge in [0.15, 0.2) is 10.6 Å². The zero-order chi connectivity index (χ0) is 22.0. The monoisotopic (exact) mass is 443 g/mol. The average Bonchev–Trinajstić information content (AvgIpc) is 3.28. The third-order valence-electron chi connectivity index (χ3n) is 5.31. The Morgan fingerprint density at radius 2 is 1.90 bits per heavy atom. The zero-order valence-corrected chi connectivity index (χ0v) is 20.0. The van der Waals surface area contributed by atoms with Crippen LogP contribution >= 0.6 is 23.6 Å². The fourth-order valence-electron chi connectivity index (χ4n) is 3.29. The average molecular weight is 444 g/mol. The summed E-state index contributed by atoms with van der Waals surface area (Å²) in [6.45, 7) is 10.9. The van der Waals surface area contributed by atoms with Crippen LogP contribution in [0.15, 0.2) is 24.3 Å². The van der Waals surface area contributed by atoms with Crippen molar-refractivity contribution in [2.75, 3.05) is 7.05 Å². The highest BCUT2D eigenvalue weighted by atomic mass is 32.1. The first-order valence-electron chi connectivity index (χ1n) is 10.1. The van der Waals surface area contributed by atoms with E-state index in [1.54, 1.807) is 16.2 Å². The maximum atomic E-state index is 12.9. The van der Waals surface area contributed by atoms with Gasteiger partial charge in [0.25, 0.3) is 0 Å². The molecule has 0 fully saturated rings. The molecule has 2 heterocycles. The molecule has 0 bridgehead atoms. The number of hydrogen-bond acceptors (Lipinski definition) is 5. The molecule has 1 amide bonds. The van der Waals surface area contributed by atoms with E-state index >= 15 is 0 Å². The summed E-state index contributed by atoms with van der Waals surface area (Å²) in [5.41, 5.74) is 3.17. The van der Waals surface area contributed by atoms with Gasteiger partial charge in [-0.1, -0.05) is 43.7 Å². The molecule has 1 N–H and O–H groups in total. The normalized spacial score (nSPS) is 12.4. The van der Waals surface area contributed by atoms with Gasteiger partial charge in [-0.05, 0) is 33.0 Å².